The smallest absolute Gasteiger partial charge is 0.416 e. The zero-order chi connectivity index (χ0) is 32.6. The molecule has 2 heterocycles. The van der Waals surface area contributed by atoms with E-state index in [9.17, 15) is 41.2 Å². The third-order valence-electron chi connectivity index (χ3n) is 7.16. The number of rotatable bonds is 6. The lowest BCUT2D eigenvalue weighted by Gasteiger charge is -2.36. The third kappa shape index (κ3) is 7.13. The summed E-state index contributed by atoms with van der Waals surface area (Å²) in [6, 6.07) is 7.39. The lowest BCUT2D eigenvalue weighted by atomic mass is 10.0. The van der Waals surface area contributed by atoms with Gasteiger partial charge in [-0.1, -0.05) is 6.92 Å². The number of hydrogen-bond donors (Lipinski definition) is 1. The number of aromatic amines is 1. The molecule has 0 unspecified atom stereocenters. The normalized spacial score (nSPS) is 14.9. The number of nitrogens with zero attached hydrogens (tertiary/aromatic N) is 4. The van der Waals surface area contributed by atoms with Crippen molar-refractivity contribution in [3.63, 3.8) is 0 Å². The Labute approximate surface area is 251 Å². The number of nitrogens with one attached hydrogen (secondary N) is 1. The van der Waals surface area contributed by atoms with Crippen LogP contribution < -0.4 is 11.2 Å². The van der Waals surface area contributed by atoms with Gasteiger partial charge in [-0.25, -0.2) is 18.0 Å². The Kier molecular flexibility index (Phi) is 8.99. The first-order valence-corrected chi connectivity index (χ1v) is 15.4. The Morgan fingerprint density at radius 3 is 2.25 bits per heavy atom. The molecule has 3 aromatic rings. The van der Waals surface area contributed by atoms with Crippen LogP contribution in [0.4, 0.5) is 18.0 Å². The molecular weight excluding hydrogens is 603 g/mol. The second kappa shape index (κ2) is 12.1. The Balaban J connectivity index is 1.70. The Bertz CT molecular complexity index is 1860. The molecule has 15 heteroatoms. The van der Waals surface area contributed by atoms with Crippen LogP contribution in [0.2, 0.25) is 0 Å². The molecule has 0 atom stereocenters. The minimum absolute atomic E-state index is 0.0176. The molecule has 1 amide bonds. The zero-order valence-corrected chi connectivity index (χ0v) is 25.4. The molecule has 11 nitrogen and oxygen atoms in total. The maximum atomic E-state index is 14.3. The van der Waals surface area contributed by atoms with E-state index < -0.39 is 56.5 Å². The topological polar surface area (TPSA) is 146 Å². The van der Waals surface area contributed by atoms with Gasteiger partial charge < -0.3 is 14.6 Å². The van der Waals surface area contributed by atoms with E-state index in [1.807, 2.05) is 6.07 Å². The van der Waals surface area contributed by atoms with Gasteiger partial charge in [0, 0.05) is 32.7 Å². The summed E-state index contributed by atoms with van der Waals surface area (Å²) in [5.74, 6) is -0.289. The summed E-state index contributed by atoms with van der Waals surface area (Å²) < 4.78 is 74.0. The van der Waals surface area contributed by atoms with Crippen molar-refractivity contribution >= 4 is 26.8 Å². The molecule has 1 aromatic heterocycles. The number of piperazine rings is 1. The van der Waals surface area contributed by atoms with Crippen LogP contribution in [-0.4, -0.2) is 71.4 Å². The number of amides is 1. The van der Waals surface area contributed by atoms with E-state index in [1.165, 1.54) is 30.0 Å². The fourth-order valence-corrected chi connectivity index (χ4v) is 6.05. The molecule has 1 aliphatic heterocycles. The van der Waals surface area contributed by atoms with Crippen LogP contribution >= 0.6 is 0 Å². The summed E-state index contributed by atoms with van der Waals surface area (Å²) in [5, 5.41) is 8.88. The molecule has 0 radical (unpaired) electrons. The first kappa shape index (κ1) is 32.7. The summed E-state index contributed by atoms with van der Waals surface area (Å²) in [7, 11) is -3.82. The molecule has 236 valence electrons. The maximum absolute atomic E-state index is 14.3. The molecule has 1 fully saturated rings. The van der Waals surface area contributed by atoms with E-state index in [0.29, 0.717) is 10.6 Å². The quantitative estimate of drug-likeness (QED) is 0.434. The standard InChI is InChI=1S/C29H32F3N5O6S/c1-5-44(41,42)24-7-6-18(15-33)12-20(24)17-37-25(38)21-14-22(29(30,31)32)19(13-23(21)34-26(37)39)16-35-8-10-36(11-9-35)27(40)43-28(2,3)4/h6-7,12-14H,5,8-11,16-17H2,1-4H3,(H,34,39). The highest BCUT2D eigenvalue weighted by atomic mass is 32.2. The van der Waals surface area contributed by atoms with Gasteiger partial charge in [0.1, 0.15) is 5.60 Å². The number of ether oxygens (including phenoxy) is 1. The van der Waals surface area contributed by atoms with Gasteiger partial charge in [-0.15, -0.1) is 0 Å². The Morgan fingerprint density at radius 2 is 1.68 bits per heavy atom. The van der Waals surface area contributed by atoms with Crippen molar-refractivity contribution in [1.29, 1.82) is 5.26 Å². The maximum Gasteiger partial charge on any atom is 0.416 e. The largest absolute Gasteiger partial charge is 0.444 e. The number of benzene rings is 2. The first-order chi connectivity index (χ1) is 20.4. The fraction of sp³-hybridized carbons (Fsp3) is 0.448. The van der Waals surface area contributed by atoms with Crippen LogP contribution in [0, 0.1) is 11.3 Å². The molecule has 1 aliphatic rings. The lowest BCUT2D eigenvalue weighted by Crippen LogP contribution is -2.49. The van der Waals surface area contributed by atoms with Crippen molar-refractivity contribution in [2.45, 2.75) is 57.5 Å². The van der Waals surface area contributed by atoms with Crippen molar-refractivity contribution in [3.8, 4) is 6.07 Å². The Hall–Kier alpha value is -4.16. The van der Waals surface area contributed by atoms with E-state index in [1.54, 1.807) is 25.7 Å². The average Bonchev–Trinajstić information content (AvgIpc) is 2.93. The van der Waals surface area contributed by atoms with E-state index in [4.69, 9.17) is 4.74 Å². The summed E-state index contributed by atoms with van der Waals surface area (Å²) in [5.41, 5.74) is -3.97. The third-order valence-corrected chi connectivity index (χ3v) is 8.99. The second-order valence-electron chi connectivity index (χ2n) is 11.5. The number of fused-ring (bicyclic) bond motifs is 1. The van der Waals surface area contributed by atoms with Crippen LogP contribution in [0.15, 0.2) is 44.8 Å². The minimum Gasteiger partial charge on any atom is -0.444 e. The number of aromatic nitrogens is 2. The number of carbonyl (C=O) groups excluding carboxylic acids is 1. The van der Waals surface area contributed by atoms with Crippen LogP contribution in [0.5, 0.6) is 0 Å². The lowest BCUT2D eigenvalue weighted by molar-refractivity contribution is -0.138. The SMILES string of the molecule is CCS(=O)(=O)c1ccc(C#N)cc1Cn1c(=O)[nH]c2cc(CN3CCN(C(=O)OC(C)(C)C)CC3)c(C(F)(F)F)cc2c1=O. The highest BCUT2D eigenvalue weighted by molar-refractivity contribution is 7.91. The van der Waals surface area contributed by atoms with E-state index >= 15 is 0 Å². The first-order valence-electron chi connectivity index (χ1n) is 13.8. The van der Waals surface area contributed by atoms with Crippen LogP contribution in [0.3, 0.4) is 0 Å². The van der Waals surface area contributed by atoms with Gasteiger partial charge in [0.15, 0.2) is 9.84 Å². The summed E-state index contributed by atoms with van der Waals surface area (Å²) in [4.78, 5) is 44.3. The number of halogens is 3. The van der Waals surface area contributed by atoms with Crippen LogP contribution in [-0.2, 0) is 33.8 Å². The predicted molar refractivity (Wildman–Crippen MR) is 155 cm³/mol. The van der Waals surface area contributed by atoms with Gasteiger partial charge in [-0.05, 0) is 62.2 Å². The monoisotopic (exact) mass is 635 g/mol. The molecule has 0 bridgehead atoms. The summed E-state index contributed by atoms with van der Waals surface area (Å²) in [6.45, 7) is 6.91. The number of H-pyrrole nitrogens is 1. The highest BCUT2D eigenvalue weighted by Gasteiger charge is 2.35. The van der Waals surface area contributed by atoms with E-state index in [2.05, 4.69) is 4.98 Å². The van der Waals surface area contributed by atoms with E-state index in [-0.39, 0.29) is 65.6 Å². The molecule has 0 aliphatic carbocycles. The van der Waals surface area contributed by atoms with Crippen molar-refractivity contribution in [1.82, 2.24) is 19.4 Å². The van der Waals surface area contributed by atoms with Crippen LogP contribution in [0.1, 0.15) is 49.9 Å². The van der Waals surface area contributed by atoms with Gasteiger partial charge in [0.05, 0.1) is 45.3 Å². The molecule has 0 saturated carbocycles. The van der Waals surface area contributed by atoms with Crippen molar-refractivity contribution in [3.05, 3.63) is 73.4 Å². The zero-order valence-electron chi connectivity index (χ0n) is 24.6. The minimum atomic E-state index is -4.83. The number of sulfone groups is 1. The second-order valence-corrected chi connectivity index (χ2v) is 13.7. The number of alkyl halides is 3. The highest BCUT2D eigenvalue weighted by Crippen LogP contribution is 2.34. The fourth-order valence-electron chi connectivity index (χ4n) is 4.94. The van der Waals surface area contributed by atoms with Crippen molar-refractivity contribution in [2.75, 3.05) is 31.9 Å². The van der Waals surface area contributed by atoms with Crippen molar-refractivity contribution in [2.24, 2.45) is 0 Å². The molecule has 1 saturated heterocycles. The molecular formula is C29H32F3N5O6S. The molecule has 1 N–H and O–H groups in total. The average molecular weight is 636 g/mol. The van der Waals surface area contributed by atoms with Gasteiger partial charge in [0.2, 0.25) is 0 Å². The molecule has 44 heavy (non-hydrogen) atoms. The number of hydrogen-bond acceptors (Lipinski definition) is 8. The van der Waals surface area contributed by atoms with Gasteiger partial charge >= 0.3 is 18.0 Å². The van der Waals surface area contributed by atoms with E-state index in [0.717, 1.165) is 6.07 Å². The summed E-state index contributed by atoms with van der Waals surface area (Å²) >= 11 is 0. The van der Waals surface area contributed by atoms with Gasteiger partial charge in [-0.2, -0.15) is 18.4 Å². The predicted octanol–water partition coefficient (Wildman–Crippen LogP) is 3.47. The molecule has 0 spiro atoms. The van der Waals surface area contributed by atoms with Crippen molar-refractivity contribution < 1.29 is 31.1 Å². The Morgan fingerprint density at radius 1 is 1.02 bits per heavy atom. The molecule has 4 rings (SSSR count). The number of nitriles is 1. The number of carbonyl (C=O) groups is 1. The summed E-state index contributed by atoms with van der Waals surface area (Å²) in [6.07, 6.45) is -5.34. The van der Waals surface area contributed by atoms with Gasteiger partial charge in [0.25, 0.3) is 5.56 Å². The van der Waals surface area contributed by atoms with Gasteiger partial charge in [-0.3, -0.25) is 14.3 Å². The van der Waals surface area contributed by atoms with Crippen LogP contribution in [0.25, 0.3) is 10.9 Å². The molecule has 2 aromatic carbocycles.